The van der Waals surface area contributed by atoms with Crippen LogP contribution in [-0.2, 0) is 0 Å². The van der Waals surface area contributed by atoms with Gasteiger partial charge < -0.3 is 19.4 Å². The minimum atomic E-state index is -1.16. The first-order valence-corrected chi connectivity index (χ1v) is 4.19. The van der Waals surface area contributed by atoms with Gasteiger partial charge in [-0.25, -0.2) is 4.79 Å². The van der Waals surface area contributed by atoms with Crippen molar-refractivity contribution in [2.45, 2.75) is 0 Å². The summed E-state index contributed by atoms with van der Waals surface area (Å²) in [5.41, 5.74) is 0.272. The number of aromatic carboxylic acids is 1. The quantitative estimate of drug-likeness (QED) is 0.808. The molecule has 2 aromatic rings. The summed E-state index contributed by atoms with van der Waals surface area (Å²) in [5.74, 6) is -1.83. The van der Waals surface area contributed by atoms with Crippen molar-refractivity contribution in [1.82, 2.24) is 5.16 Å². The molecule has 2 aromatic heterocycles. The Morgan fingerprint density at radius 2 is 2.19 bits per heavy atom. The van der Waals surface area contributed by atoms with Crippen LogP contribution in [0.15, 0.2) is 33.7 Å². The summed E-state index contributed by atoms with van der Waals surface area (Å²) in [5, 5.41) is 14.4. The molecule has 7 heteroatoms. The topological polar surface area (TPSA) is 106 Å². The Kier molecular flexibility index (Phi) is 2.42. The van der Waals surface area contributed by atoms with Gasteiger partial charge in [0.25, 0.3) is 5.91 Å². The number of nitrogens with zero attached hydrogens (tertiary/aromatic N) is 1. The van der Waals surface area contributed by atoms with Gasteiger partial charge in [-0.3, -0.25) is 4.79 Å². The van der Waals surface area contributed by atoms with E-state index in [0.717, 1.165) is 12.3 Å². The van der Waals surface area contributed by atoms with Crippen molar-refractivity contribution >= 4 is 17.6 Å². The predicted molar refractivity (Wildman–Crippen MR) is 50.1 cm³/mol. The van der Waals surface area contributed by atoms with Crippen LogP contribution in [0.1, 0.15) is 20.9 Å². The Morgan fingerprint density at radius 3 is 2.75 bits per heavy atom. The average molecular weight is 222 g/mol. The molecule has 7 nitrogen and oxygen atoms in total. The van der Waals surface area contributed by atoms with E-state index in [1.807, 2.05) is 0 Å². The van der Waals surface area contributed by atoms with Gasteiger partial charge in [0.2, 0.25) is 0 Å². The molecule has 0 bridgehead atoms. The molecule has 0 saturated carbocycles. The number of carboxylic acid groups (broad SMARTS) is 1. The van der Waals surface area contributed by atoms with Gasteiger partial charge in [-0.2, -0.15) is 0 Å². The second-order valence-electron chi connectivity index (χ2n) is 2.87. The van der Waals surface area contributed by atoms with Crippen molar-refractivity contribution in [1.29, 1.82) is 0 Å². The van der Waals surface area contributed by atoms with E-state index in [-0.39, 0.29) is 11.3 Å². The molecule has 82 valence electrons. The Labute approximate surface area is 88.6 Å². The smallest absolute Gasteiger partial charge is 0.338 e. The van der Waals surface area contributed by atoms with Gasteiger partial charge in [-0.15, -0.1) is 0 Å². The van der Waals surface area contributed by atoms with Crippen LogP contribution < -0.4 is 5.32 Å². The van der Waals surface area contributed by atoms with Gasteiger partial charge in [-0.05, 0) is 0 Å². The standard InChI is InChI=1S/C9H6N2O5/c12-8(11-6-2-10-16-4-6)7-1-5(3-15-7)9(13)14/h1-4H,(H,11,12)(H,13,14). The molecule has 0 aromatic carbocycles. The number of nitrogens with one attached hydrogen (secondary N) is 1. The Bertz CT molecular complexity index is 514. The summed E-state index contributed by atoms with van der Waals surface area (Å²) in [4.78, 5) is 22.0. The molecular weight excluding hydrogens is 216 g/mol. The van der Waals surface area contributed by atoms with Gasteiger partial charge >= 0.3 is 5.97 Å². The summed E-state index contributed by atoms with van der Waals surface area (Å²) >= 11 is 0. The fourth-order valence-corrected chi connectivity index (χ4v) is 1.03. The Hall–Kier alpha value is -2.57. The van der Waals surface area contributed by atoms with Crippen molar-refractivity contribution < 1.29 is 23.6 Å². The lowest BCUT2D eigenvalue weighted by Gasteiger charge is -1.96. The summed E-state index contributed by atoms with van der Waals surface area (Å²) in [6, 6.07) is 1.13. The molecule has 0 unspecified atom stereocenters. The SMILES string of the molecule is O=C(O)c1coc(C(=O)Nc2cnoc2)c1. The molecule has 0 aliphatic rings. The highest BCUT2D eigenvalue weighted by Crippen LogP contribution is 2.11. The second kappa shape index (κ2) is 3.89. The van der Waals surface area contributed by atoms with Crippen molar-refractivity contribution in [3.63, 3.8) is 0 Å². The summed E-state index contributed by atoms with van der Waals surface area (Å²) in [7, 11) is 0. The van der Waals surface area contributed by atoms with Crippen LogP contribution in [0.3, 0.4) is 0 Å². The maximum Gasteiger partial charge on any atom is 0.338 e. The fraction of sp³-hybridized carbons (Fsp3) is 0. The van der Waals surface area contributed by atoms with Gasteiger partial charge in [0.05, 0.1) is 11.8 Å². The number of anilines is 1. The second-order valence-corrected chi connectivity index (χ2v) is 2.87. The first-order valence-electron chi connectivity index (χ1n) is 4.19. The van der Waals surface area contributed by atoms with Crippen molar-refractivity contribution in [2.75, 3.05) is 5.32 Å². The van der Waals surface area contributed by atoms with Crippen LogP contribution >= 0.6 is 0 Å². The number of hydrogen-bond acceptors (Lipinski definition) is 5. The third-order valence-electron chi connectivity index (χ3n) is 1.76. The van der Waals surface area contributed by atoms with E-state index in [9.17, 15) is 9.59 Å². The number of carbonyl (C=O) groups excluding carboxylic acids is 1. The van der Waals surface area contributed by atoms with Gasteiger partial charge in [0.1, 0.15) is 18.2 Å². The molecule has 16 heavy (non-hydrogen) atoms. The number of furan rings is 1. The van der Waals surface area contributed by atoms with Crippen LogP contribution in [0.2, 0.25) is 0 Å². The van der Waals surface area contributed by atoms with Crippen LogP contribution in [0.25, 0.3) is 0 Å². The zero-order valence-electron chi connectivity index (χ0n) is 7.84. The highest BCUT2D eigenvalue weighted by molar-refractivity contribution is 6.03. The number of rotatable bonds is 3. The van der Waals surface area contributed by atoms with Crippen molar-refractivity contribution in [3.8, 4) is 0 Å². The van der Waals surface area contributed by atoms with Crippen molar-refractivity contribution in [2.24, 2.45) is 0 Å². The van der Waals surface area contributed by atoms with Gasteiger partial charge in [0.15, 0.2) is 5.76 Å². The Morgan fingerprint density at radius 1 is 1.38 bits per heavy atom. The third-order valence-corrected chi connectivity index (χ3v) is 1.76. The largest absolute Gasteiger partial charge is 0.478 e. The van der Waals surface area contributed by atoms with Gasteiger partial charge in [0, 0.05) is 6.07 Å². The predicted octanol–water partition coefficient (Wildman–Crippen LogP) is 1.22. The van der Waals surface area contributed by atoms with Gasteiger partial charge in [-0.1, -0.05) is 5.16 Å². The number of carboxylic acids is 1. The molecule has 2 rings (SSSR count). The van der Waals surface area contributed by atoms with E-state index in [4.69, 9.17) is 9.52 Å². The van der Waals surface area contributed by atoms with Crippen LogP contribution in [0, 0.1) is 0 Å². The zero-order valence-corrected chi connectivity index (χ0v) is 7.84. The molecule has 2 heterocycles. The first-order chi connectivity index (χ1) is 7.66. The molecule has 2 N–H and O–H groups in total. The number of hydrogen-bond donors (Lipinski definition) is 2. The molecule has 1 amide bonds. The molecule has 0 aliphatic heterocycles. The minimum absolute atomic E-state index is 0.0875. The summed E-state index contributed by atoms with van der Waals surface area (Å²) < 4.78 is 9.30. The minimum Gasteiger partial charge on any atom is -0.478 e. The van der Waals surface area contributed by atoms with Crippen LogP contribution in [-0.4, -0.2) is 22.1 Å². The summed E-state index contributed by atoms with van der Waals surface area (Å²) in [6.07, 6.45) is 3.53. The highest BCUT2D eigenvalue weighted by Gasteiger charge is 2.15. The Balaban J connectivity index is 2.12. The first kappa shape index (κ1) is 9.97. The number of carbonyl (C=O) groups is 2. The molecule has 0 aliphatic carbocycles. The lowest BCUT2D eigenvalue weighted by atomic mass is 10.3. The van der Waals surface area contributed by atoms with E-state index in [1.54, 1.807) is 0 Å². The number of aromatic nitrogens is 1. The zero-order chi connectivity index (χ0) is 11.5. The van der Waals surface area contributed by atoms with Crippen molar-refractivity contribution in [3.05, 3.63) is 36.1 Å². The summed E-state index contributed by atoms with van der Waals surface area (Å²) in [6.45, 7) is 0. The molecule has 0 atom stereocenters. The lowest BCUT2D eigenvalue weighted by molar-refractivity contribution is 0.0696. The van der Waals surface area contributed by atoms with E-state index in [0.29, 0.717) is 5.69 Å². The van der Waals surface area contributed by atoms with E-state index in [1.165, 1.54) is 12.5 Å². The normalized spacial score (nSPS) is 10.0. The fourth-order valence-electron chi connectivity index (χ4n) is 1.03. The maximum atomic E-state index is 11.5. The molecule has 0 saturated heterocycles. The van der Waals surface area contributed by atoms with E-state index >= 15 is 0 Å². The molecular formula is C9H6N2O5. The lowest BCUT2D eigenvalue weighted by Crippen LogP contribution is -2.10. The maximum absolute atomic E-state index is 11.5. The average Bonchev–Trinajstić information content (AvgIpc) is 2.86. The van der Waals surface area contributed by atoms with E-state index < -0.39 is 11.9 Å². The molecule has 0 spiro atoms. The number of amides is 1. The molecule has 0 radical (unpaired) electrons. The highest BCUT2D eigenvalue weighted by atomic mass is 16.5. The third kappa shape index (κ3) is 1.92. The van der Waals surface area contributed by atoms with E-state index in [2.05, 4.69) is 15.0 Å². The van der Waals surface area contributed by atoms with Crippen LogP contribution in [0.4, 0.5) is 5.69 Å². The monoisotopic (exact) mass is 222 g/mol. The molecule has 0 fully saturated rings. The van der Waals surface area contributed by atoms with Crippen LogP contribution in [0.5, 0.6) is 0 Å².